The minimum absolute atomic E-state index is 0.0465. The van der Waals surface area contributed by atoms with Gasteiger partial charge in [0, 0.05) is 29.3 Å². The Morgan fingerprint density at radius 2 is 1.86 bits per heavy atom. The van der Waals surface area contributed by atoms with Crippen LogP contribution in [-0.2, 0) is 4.79 Å². The highest BCUT2D eigenvalue weighted by molar-refractivity contribution is 8.18. The van der Waals surface area contributed by atoms with Crippen molar-refractivity contribution < 1.29 is 14.1 Å². The quantitative estimate of drug-likeness (QED) is 0.217. The molecule has 3 aromatic rings. The van der Waals surface area contributed by atoms with E-state index in [4.69, 9.17) is 9.41 Å². The van der Waals surface area contributed by atoms with E-state index in [0.717, 1.165) is 31.4 Å². The molecule has 1 saturated heterocycles. The molecule has 0 spiro atoms. The van der Waals surface area contributed by atoms with Crippen molar-refractivity contribution in [3.63, 3.8) is 0 Å². The van der Waals surface area contributed by atoms with Crippen LogP contribution < -0.4 is 0 Å². The molecule has 1 aromatic heterocycles. The molecule has 2 aromatic carbocycles. The number of amidine groups is 1. The summed E-state index contributed by atoms with van der Waals surface area (Å²) in [5.41, 5.74) is 2.07. The van der Waals surface area contributed by atoms with Gasteiger partial charge in [0.1, 0.15) is 11.5 Å². The Labute approximate surface area is 207 Å². The van der Waals surface area contributed by atoms with Gasteiger partial charge in [0.25, 0.3) is 11.6 Å². The number of aryl methyl sites for hydroxylation is 1. The average molecular weight is 488 g/mol. The lowest BCUT2D eigenvalue weighted by Crippen LogP contribution is -2.40. The molecule has 0 bridgehead atoms. The first-order chi connectivity index (χ1) is 17.0. The van der Waals surface area contributed by atoms with Crippen LogP contribution in [0.3, 0.4) is 0 Å². The van der Waals surface area contributed by atoms with Crippen LogP contribution >= 0.6 is 11.8 Å². The summed E-state index contributed by atoms with van der Waals surface area (Å²) < 4.78 is 5.97. The molecule has 0 atom stereocenters. The minimum Gasteiger partial charge on any atom is -0.457 e. The standard InChI is InChI=1S/C27H25N3O4S/c1-18-12-13-19(16-23(18)30(32)33)24-15-14-22(34-24)17-25-26(31)29(21-10-6-3-7-11-21)27(35-25)28-20-8-4-2-5-9-20/h2,4-5,8-9,12-17,21H,3,6-7,10-11H2,1H3/b25-17-,28-27?. The fourth-order valence-electron chi connectivity index (χ4n) is 4.51. The lowest BCUT2D eigenvalue weighted by Gasteiger charge is -2.30. The molecule has 1 aliphatic carbocycles. The number of amides is 1. The van der Waals surface area contributed by atoms with Gasteiger partial charge >= 0.3 is 0 Å². The molecule has 178 valence electrons. The second-order valence-corrected chi connectivity index (χ2v) is 9.78. The summed E-state index contributed by atoms with van der Waals surface area (Å²) in [7, 11) is 0. The predicted octanol–water partition coefficient (Wildman–Crippen LogP) is 7.10. The molecule has 2 aliphatic rings. The van der Waals surface area contributed by atoms with Gasteiger partial charge in [-0.1, -0.05) is 49.6 Å². The Morgan fingerprint density at radius 1 is 1.09 bits per heavy atom. The molecule has 5 rings (SSSR count). The molecule has 1 amide bonds. The van der Waals surface area contributed by atoms with Gasteiger partial charge < -0.3 is 4.42 Å². The van der Waals surface area contributed by atoms with Crippen molar-refractivity contribution >= 4 is 40.3 Å². The van der Waals surface area contributed by atoms with Gasteiger partial charge in [-0.05, 0) is 55.8 Å². The van der Waals surface area contributed by atoms with E-state index in [2.05, 4.69) is 0 Å². The molecule has 1 saturated carbocycles. The first-order valence-corrected chi connectivity index (χ1v) is 12.5. The summed E-state index contributed by atoms with van der Waals surface area (Å²) in [6.07, 6.45) is 7.12. The highest BCUT2D eigenvalue weighted by Gasteiger charge is 2.38. The summed E-state index contributed by atoms with van der Waals surface area (Å²) in [5, 5.41) is 12.0. The number of para-hydroxylation sites is 1. The highest BCUT2D eigenvalue weighted by Crippen LogP contribution is 2.39. The largest absolute Gasteiger partial charge is 0.457 e. The molecule has 1 aliphatic heterocycles. The maximum atomic E-state index is 13.5. The maximum absolute atomic E-state index is 13.5. The number of nitro groups is 1. The Bertz CT molecular complexity index is 1320. The number of thioether (sulfide) groups is 1. The summed E-state index contributed by atoms with van der Waals surface area (Å²) >= 11 is 1.36. The molecule has 0 N–H and O–H groups in total. The fourth-order valence-corrected chi connectivity index (χ4v) is 5.55. The molecule has 2 fully saturated rings. The van der Waals surface area contributed by atoms with Crippen LogP contribution in [0, 0.1) is 17.0 Å². The van der Waals surface area contributed by atoms with E-state index in [1.165, 1.54) is 24.2 Å². The van der Waals surface area contributed by atoms with Gasteiger partial charge in [-0.25, -0.2) is 4.99 Å². The molecule has 7 nitrogen and oxygen atoms in total. The second kappa shape index (κ2) is 9.92. The molecule has 0 unspecified atom stereocenters. The topological polar surface area (TPSA) is 89.0 Å². The number of furan rings is 1. The van der Waals surface area contributed by atoms with Crippen molar-refractivity contribution in [3.8, 4) is 11.3 Å². The van der Waals surface area contributed by atoms with Crippen molar-refractivity contribution in [2.24, 2.45) is 4.99 Å². The zero-order valence-electron chi connectivity index (χ0n) is 19.3. The summed E-state index contributed by atoms with van der Waals surface area (Å²) in [4.78, 5) is 31.6. The third-order valence-corrected chi connectivity index (χ3v) is 7.33. The van der Waals surface area contributed by atoms with E-state index in [1.54, 1.807) is 37.3 Å². The molecule has 2 heterocycles. The fraction of sp³-hybridized carbons (Fsp3) is 0.259. The van der Waals surface area contributed by atoms with Gasteiger partial charge in [0.15, 0.2) is 5.17 Å². The van der Waals surface area contributed by atoms with Crippen LogP contribution in [0.4, 0.5) is 11.4 Å². The second-order valence-electron chi connectivity index (χ2n) is 8.77. The number of carbonyl (C=O) groups excluding carboxylic acids is 1. The smallest absolute Gasteiger partial charge is 0.273 e. The number of nitrogens with zero attached hydrogens (tertiary/aromatic N) is 3. The third kappa shape index (κ3) is 4.93. The summed E-state index contributed by atoms with van der Waals surface area (Å²) in [5.74, 6) is 0.974. The van der Waals surface area contributed by atoms with Crippen LogP contribution in [0.1, 0.15) is 43.4 Å². The maximum Gasteiger partial charge on any atom is 0.273 e. The number of nitro benzene ring substituents is 1. The minimum atomic E-state index is -0.397. The van der Waals surface area contributed by atoms with E-state index in [1.807, 2.05) is 35.2 Å². The summed E-state index contributed by atoms with van der Waals surface area (Å²) in [6.45, 7) is 1.70. The zero-order chi connectivity index (χ0) is 24.4. The number of hydrogen-bond donors (Lipinski definition) is 0. The Kier molecular flexibility index (Phi) is 6.55. The normalized spacial score (nSPS) is 19.1. The van der Waals surface area contributed by atoms with Crippen LogP contribution in [0.15, 0.2) is 75.0 Å². The Balaban J connectivity index is 1.45. The van der Waals surface area contributed by atoms with E-state index < -0.39 is 4.92 Å². The lowest BCUT2D eigenvalue weighted by atomic mass is 9.94. The lowest BCUT2D eigenvalue weighted by molar-refractivity contribution is -0.385. The van der Waals surface area contributed by atoms with E-state index in [0.29, 0.717) is 32.7 Å². The van der Waals surface area contributed by atoms with Crippen LogP contribution in [0.5, 0.6) is 0 Å². The Hall–Kier alpha value is -3.65. The molecule has 8 heteroatoms. The number of hydrogen-bond acceptors (Lipinski definition) is 6. The van der Waals surface area contributed by atoms with Crippen molar-refractivity contribution in [1.82, 2.24) is 4.90 Å². The molecule has 0 radical (unpaired) electrons. The van der Waals surface area contributed by atoms with Crippen molar-refractivity contribution in [3.05, 3.63) is 87.0 Å². The van der Waals surface area contributed by atoms with E-state index >= 15 is 0 Å². The number of rotatable bonds is 5. The third-order valence-electron chi connectivity index (χ3n) is 6.35. The van der Waals surface area contributed by atoms with Crippen molar-refractivity contribution in [2.75, 3.05) is 0 Å². The number of carbonyl (C=O) groups is 1. The molecular weight excluding hydrogens is 462 g/mol. The van der Waals surface area contributed by atoms with Gasteiger partial charge in [0.2, 0.25) is 0 Å². The van der Waals surface area contributed by atoms with Crippen LogP contribution in [-0.4, -0.2) is 26.9 Å². The first kappa shape index (κ1) is 23.1. The monoisotopic (exact) mass is 487 g/mol. The van der Waals surface area contributed by atoms with E-state index in [-0.39, 0.29) is 17.6 Å². The van der Waals surface area contributed by atoms with Crippen molar-refractivity contribution in [1.29, 1.82) is 0 Å². The van der Waals surface area contributed by atoms with E-state index in [9.17, 15) is 14.9 Å². The number of aliphatic imine (C=N–C) groups is 1. The van der Waals surface area contributed by atoms with Crippen molar-refractivity contribution in [2.45, 2.75) is 45.1 Å². The SMILES string of the molecule is Cc1ccc(-c2ccc(/C=C3\SC(=Nc4ccccc4)N(C4CCCCC4)C3=O)o2)cc1[N+](=O)[O-]. The first-order valence-electron chi connectivity index (χ1n) is 11.7. The highest BCUT2D eigenvalue weighted by atomic mass is 32.2. The summed E-state index contributed by atoms with van der Waals surface area (Å²) in [6, 6.07) is 18.4. The van der Waals surface area contributed by atoms with Gasteiger partial charge in [-0.2, -0.15) is 0 Å². The predicted molar refractivity (Wildman–Crippen MR) is 138 cm³/mol. The molecule has 35 heavy (non-hydrogen) atoms. The zero-order valence-corrected chi connectivity index (χ0v) is 20.2. The van der Waals surface area contributed by atoms with Gasteiger partial charge in [-0.15, -0.1) is 0 Å². The van der Waals surface area contributed by atoms with Gasteiger partial charge in [0.05, 0.1) is 15.5 Å². The van der Waals surface area contributed by atoms with Crippen LogP contribution in [0.25, 0.3) is 17.4 Å². The number of benzene rings is 2. The average Bonchev–Trinajstić information content (AvgIpc) is 3.45. The Morgan fingerprint density at radius 3 is 2.60 bits per heavy atom. The van der Waals surface area contributed by atoms with Crippen LogP contribution in [0.2, 0.25) is 0 Å². The van der Waals surface area contributed by atoms with Gasteiger partial charge in [-0.3, -0.25) is 19.8 Å². The molecular formula is C27H25N3O4S.